The summed E-state index contributed by atoms with van der Waals surface area (Å²) in [6.45, 7) is 0. The van der Waals surface area contributed by atoms with E-state index in [2.05, 4.69) is 9.69 Å². The molecule has 1 aromatic carbocycles. The van der Waals surface area contributed by atoms with E-state index in [-0.39, 0.29) is 22.0 Å². The summed E-state index contributed by atoms with van der Waals surface area (Å²) >= 11 is 0.829. The Morgan fingerprint density at radius 2 is 2.10 bits per heavy atom. The molecule has 0 spiro atoms. The maximum absolute atomic E-state index is 12.8. The number of nitrogens with one attached hydrogen (secondary N) is 2. The van der Waals surface area contributed by atoms with Gasteiger partial charge in [0.25, 0.3) is 5.56 Å². The van der Waals surface area contributed by atoms with E-state index in [0.717, 1.165) is 23.7 Å². The van der Waals surface area contributed by atoms with Gasteiger partial charge in [0.1, 0.15) is 16.8 Å². The highest BCUT2D eigenvalue weighted by Crippen LogP contribution is 2.35. The van der Waals surface area contributed by atoms with Crippen molar-refractivity contribution in [2.45, 2.75) is 6.18 Å². The van der Waals surface area contributed by atoms with Gasteiger partial charge in [0, 0.05) is 11.8 Å². The van der Waals surface area contributed by atoms with Crippen molar-refractivity contribution in [3.8, 4) is 11.8 Å². The average molecular weight is 315 g/mol. The fraction of sp³-hybridized carbons (Fsp3) is 0.167. The molecule has 9 heteroatoms. The molecule has 5 nitrogen and oxygen atoms in total. The maximum Gasteiger partial charge on any atom is 0.416 e. The molecule has 0 bridgehead atoms. The molecule has 0 aliphatic rings. The van der Waals surface area contributed by atoms with Crippen LogP contribution in [0.2, 0.25) is 0 Å². The van der Waals surface area contributed by atoms with Gasteiger partial charge in [-0.3, -0.25) is 9.17 Å². The molecule has 0 radical (unpaired) electrons. The molecular formula is C12H8F3N3O2S. The maximum atomic E-state index is 12.8. The van der Waals surface area contributed by atoms with Gasteiger partial charge in [0.15, 0.2) is 5.56 Å². The largest absolute Gasteiger partial charge is 0.497 e. The van der Waals surface area contributed by atoms with Crippen molar-refractivity contribution in [1.29, 1.82) is 5.26 Å². The molecule has 0 aliphatic heterocycles. The summed E-state index contributed by atoms with van der Waals surface area (Å²) in [6, 6.07) is 4.75. The highest BCUT2D eigenvalue weighted by molar-refractivity contribution is 7.10. The van der Waals surface area contributed by atoms with Crippen molar-refractivity contribution in [1.82, 2.24) is 4.37 Å². The second-order valence-electron chi connectivity index (χ2n) is 3.92. The molecule has 0 unspecified atom stereocenters. The number of aromatic nitrogens is 1. The first-order valence-corrected chi connectivity index (χ1v) is 6.31. The van der Waals surface area contributed by atoms with Gasteiger partial charge in [-0.25, -0.2) is 0 Å². The highest BCUT2D eigenvalue weighted by atomic mass is 32.1. The van der Waals surface area contributed by atoms with Crippen LogP contribution >= 0.6 is 11.5 Å². The van der Waals surface area contributed by atoms with Crippen LogP contribution in [0.25, 0.3) is 0 Å². The molecule has 0 saturated carbocycles. The van der Waals surface area contributed by atoms with E-state index in [4.69, 9.17) is 10.00 Å². The monoisotopic (exact) mass is 315 g/mol. The van der Waals surface area contributed by atoms with Crippen LogP contribution in [0, 0.1) is 11.3 Å². The fourth-order valence-electron chi connectivity index (χ4n) is 1.58. The molecule has 1 heterocycles. The number of hydrogen-bond donors (Lipinski definition) is 2. The predicted octanol–water partition coefficient (Wildman–Crippen LogP) is 3.08. The fourth-order valence-corrected chi connectivity index (χ4v) is 2.28. The number of alkyl halides is 3. The van der Waals surface area contributed by atoms with Crippen molar-refractivity contribution in [3.05, 3.63) is 39.7 Å². The van der Waals surface area contributed by atoms with E-state index in [1.165, 1.54) is 13.2 Å². The number of methoxy groups -OCH3 is 1. The zero-order chi connectivity index (χ0) is 15.6. The Kier molecular flexibility index (Phi) is 3.90. The summed E-state index contributed by atoms with van der Waals surface area (Å²) in [5.74, 6) is 0.00807. The lowest BCUT2D eigenvalue weighted by molar-refractivity contribution is -0.137. The van der Waals surface area contributed by atoms with Crippen LogP contribution in [0.1, 0.15) is 11.1 Å². The van der Waals surface area contributed by atoms with Gasteiger partial charge in [-0.1, -0.05) is 0 Å². The number of halogens is 3. The Labute approximate surface area is 120 Å². The first kappa shape index (κ1) is 14.9. The summed E-state index contributed by atoms with van der Waals surface area (Å²) < 4.78 is 45.5. The molecule has 21 heavy (non-hydrogen) atoms. The second kappa shape index (κ2) is 5.49. The van der Waals surface area contributed by atoms with Crippen molar-refractivity contribution in [3.63, 3.8) is 0 Å². The quantitative estimate of drug-likeness (QED) is 0.912. The number of aromatic amines is 1. The standard InChI is InChI=1S/C12H8F3N3O2S/c1-20-8-3-6(12(13,14)15)2-7(4-8)17-11-9(5-16)10(19)18-21-11/h2-4,17H,1H3,(H,18,19). The molecular weight excluding hydrogens is 307 g/mol. The van der Waals surface area contributed by atoms with Gasteiger partial charge in [0.2, 0.25) is 0 Å². The normalized spacial score (nSPS) is 11.0. The third-order valence-corrected chi connectivity index (χ3v) is 3.34. The summed E-state index contributed by atoms with van der Waals surface area (Å²) in [6.07, 6.45) is -4.53. The van der Waals surface area contributed by atoms with Gasteiger partial charge >= 0.3 is 6.18 Å². The Morgan fingerprint density at radius 3 is 2.67 bits per heavy atom. The third-order valence-electron chi connectivity index (χ3n) is 2.54. The molecule has 0 saturated heterocycles. The summed E-state index contributed by atoms with van der Waals surface area (Å²) in [4.78, 5) is 11.3. The first-order valence-electron chi connectivity index (χ1n) is 5.50. The lowest BCUT2D eigenvalue weighted by Gasteiger charge is -2.12. The van der Waals surface area contributed by atoms with E-state index in [9.17, 15) is 18.0 Å². The van der Waals surface area contributed by atoms with E-state index in [1.807, 2.05) is 0 Å². The minimum atomic E-state index is -4.53. The number of ether oxygens (including phenoxy) is 1. The summed E-state index contributed by atoms with van der Waals surface area (Å²) in [5, 5.41) is 11.6. The Balaban J connectivity index is 2.45. The number of benzene rings is 1. The zero-order valence-corrected chi connectivity index (χ0v) is 11.4. The third kappa shape index (κ3) is 3.17. The number of nitrogens with zero attached hydrogens (tertiary/aromatic N) is 1. The zero-order valence-electron chi connectivity index (χ0n) is 10.5. The van der Waals surface area contributed by atoms with Gasteiger partial charge in [-0.15, -0.1) is 0 Å². The molecule has 2 aromatic rings. The highest BCUT2D eigenvalue weighted by Gasteiger charge is 2.31. The molecule has 2 N–H and O–H groups in total. The molecule has 0 amide bonds. The van der Waals surface area contributed by atoms with Crippen LogP contribution < -0.4 is 15.6 Å². The van der Waals surface area contributed by atoms with Crippen molar-refractivity contribution < 1.29 is 17.9 Å². The molecule has 110 valence electrons. The number of nitriles is 1. The topological polar surface area (TPSA) is 77.9 Å². The number of rotatable bonds is 3. The van der Waals surface area contributed by atoms with Crippen molar-refractivity contribution >= 4 is 22.2 Å². The van der Waals surface area contributed by atoms with E-state index >= 15 is 0 Å². The van der Waals surface area contributed by atoms with Crippen LogP contribution in [-0.2, 0) is 6.18 Å². The number of anilines is 2. The van der Waals surface area contributed by atoms with Gasteiger partial charge in [-0.2, -0.15) is 18.4 Å². The van der Waals surface area contributed by atoms with Crippen molar-refractivity contribution in [2.75, 3.05) is 12.4 Å². The summed E-state index contributed by atoms with van der Waals surface area (Å²) in [5.41, 5.74) is -1.61. The van der Waals surface area contributed by atoms with Crippen LogP contribution in [0.4, 0.5) is 23.9 Å². The Bertz CT molecular complexity index is 758. The molecule has 0 aliphatic carbocycles. The first-order chi connectivity index (χ1) is 9.85. The van der Waals surface area contributed by atoms with Crippen LogP contribution in [0.15, 0.2) is 23.0 Å². The van der Waals surface area contributed by atoms with Crippen LogP contribution in [0.5, 0.6) is 5.75 Å². The van der Waals surface area contributed by atoms with Gasteiger partial charge < -0.3 is 10.1 Å². The van der Waals surface area contributed by atoms with Crippen LogP contribution in [0.3, 0.4) is 0 Å². The molecule has 2 rings (SSSR count). The smallest absolute Gasteiger partial charge is 0.416 e. The molecule has 0 fully saturated rings. The lowest BCUT2D eigenvalue weighted by Crippen LogP contribution is -2.06. The van der Waals surface area contributed by atoms with E-state index < -0.39 is 17.3 Å². The number of hydrogen-bond acceptors (Lipinski definition) is 5. The average Bonchev–Trinajstić information content (AvgIpc) is 2.77. The predicted molar refractivity (Wildman–Crippen MR) is 70.9 cm³/mol. The second-order valence-corrected chi connectivity index (χ2v) is 4.74. The SMILES string of the molecule is COc1cc(Nc2s[nH]c(=O)c2C#N)cc(C(F)(F)F)c1. The minimum Gasteiger partial charge on any atom is -0.497 e. The molecule has 1 aromatic heterocycles. The minimum absolute atomic E-state index is 0.00807. The summed E-state index contributed by atoms with van der Waals surface area (Å²) in [7, 11) is 1.24. The van der Waals surface area contributed by atoms with Gasteiger partial charge in [-0.05, 0) is 23.7 Å². The Morgan fingerprint density at radius 1 is 1.38 bits per heavy atom. The van der Waals surface area contributed by atoms with E-state index in [1.54, 1.807) is 6.07 Å². The number of H-pyrrole nitrogens is 1. The van der Waals surface area contributed by atoms with Crippen molar-refractivity contribution in [2.24, 2.45) is 0 Å². The Hall–Kier alpha value is -2.47. The van der Waals surface area contributed by atoms with Crippen LogP contribution in [-0.4, -0.2) is 11.5 Å². The lowest BCUT2D eigenvalue weighted by atomic mass is 10.1. The van der Waals surface area contributed by atoms with Gasteiger partial charge in [0.05, 0.1) is 12.7 Å². The molecule has 0 atom stereocenters. The van der Waals surface area contributed by atoms with E-state index in [0.29, 0.717) is 0 Å².